The Morgan fingerprint density at radius 3 is 2.44 bits per heavy atom. The normalized spacial score (nSPS) is 14.6. The fourth-order valence-electron chi connectivity index (χ4n) is 2.89. The van der Waals surface area contributed by atoms with Crippen molar-refractivity contribution in [3.63, 3.8) is 0 Å². The number of hydrogen-bond acceptors (Lipinski definition) is 2. The van der Waals surface area contributed by atoms with Gasteiger partial charge in [0.2, 0.25) is 5.91 Å². The quantitative estimate of drug-likeness (QED) is 0.852. The number of carbonyl (C=O) groups excluding carboxylic acids is 2. The monoisotopic (exact) mass is 336 g/mol. The molecule has 4 heteroatoms. The highest BCUT2D eigenvalue weighted by Gasteiger charge is 2.29. The number of rotatable bonds is 6. The van der Waals surface area contributed by atoms with Crippen molar-refractivity contribution in [2.24, 2.45) is 0 Å². The van der Waals surface area contributed by atoms with Gasteiger partial charge in [-0.25, -0.2) is 0 Å². The molecule has 1 aliphatic rings. The molecule has 2 aromatic carbocycles. The summed E-state index contributed by atoms with van der Waals surface area (Å²) >= 11 is 0. The lowest BCUT2D eigenvalue weighted by molar-refractivity contribution is -0.123. The number of aryl methyl sites for hydroxylation is 2. The molecule has 1 atom stereocenters. The SMILES string of the molecule is Cc1ccc(C(=O)N[C@H](Cc2ccccc2)C(=O)NC2CC2)c(C)c1. The fourth-order valence-corrected chi connectivity index (χ4v) is 2.89. The van der Waals surface area contributed by atoms with Crippen LogP contribution in [-0.2, 0) is 11.2 Å². The van der Waals surface area contributed by atoms with Gasteiger partial charge < -0.3 is 10.6 Å². The van der Waals surface area contributed by atoms with Crippen molar-refractivity contribution in [3.8, 4) is 0 Å². The highest BCUT2D eigenvalue weighted by Crippen LogP contribution is 2.19. The molecule has 1 fully saturated rings. The van der Waals surface area contributed by atoms with Crippen molar-refractivity contribution in [1.82, 2.24) is 10.6 Å². The van der Waals surface area contributed by atoms with Crippen molar-refractivity contribution in [2.45, 2.75) is 45.2 Å². The first-order valence-corrected chi connectivity index (χ1v) is 8.75. The number of hydrogen-bond donors (Lipinski definition) is 2. The first-order chi connectivity index (χ1) is 12.0. The first-order valence-electron chi connectivity index (χ1n) is 8.75. The molecule has 0 heterocycles. The van der Waals surface area contributed by atoms with Gasteiger partial charge in [0, 0.05) is 18.0 Å². The summed E-state index contributed by atoms with van der Waals surface area (Å²) in [6.07, 6.45) is 2.53. The Bertz CT molecular complexity index is 767. The lowest BCUT2D eigenvalue weighted by atomic mass is 10.0. The van der Waals surface area contributed by atoms with Gasteiger partial charge in [-0.2, -0.15) is 0 Å². The summed E-state index contributed by atoms with van der Waals surface area (Å²) in [4.78, 5) is 25.3. The second kappa shape index (κ2) is 7.51. The zero-order valence-corrected chi connectivity index (χ0v) is 14.7. The predicted octanol–water partition coefficient (Wildman–Crippen LogP) is 2.92. The van der Waals surface area contributed by atoms with E-state index in [2.05, 4.69) is 10.6 Å². The third kappa shape index (κ3) is 4.69. The summed E-state index contributed by atoms with van der Waals surface area (Å²) in [6.45, 7) is 3.91. The molecule has 4 nitrogen and oxygen atoms in total. The van der Waals surface area contributed by atoms with Crippen LogP contribution >= 0.6 is 0 Å². The average Bonchev–Trinajstić information content (AvgIpc) is 3.39. The number of amides is 2. The molecule has 0 spiro atoms. The third-order valence-corrected chi connectivity index (χ3v) is 4.45. The number of benzene rings is 2. The minimum absolute atomic E-state index is 0.107. The summed E-state index contributed by atoms with van der Waals surface area (Å²) in [7, 11) is 0. The van der Waals surface area contributed by atoms with Gasteiger partial charge in [0.05, 0.1) is 0 Å². The highest BCUT2D eigenvalue weighted by molar-refractivity contribution is 5.98. The summed E-state index contributed by atoms with van der Waals surface area (Å²) < 4.78 is 0. The lowest BCUT2D eigenvalue weighted by Crippen LogP contribution is -2.48. The molecule has 0 radical (unpaired) electrons. The molecule has 2 amide bonds. The van der Waals surface area contributed by atoms with Gasteiger partial charge in [0.1, 0.15) is 6.04 Å². The molecule has 3 rings (SSSR count). The van der Waals surface area contributed by atoms with Gasteiger partial charge in [0.25, 0.3) is 5.91 Å². The minimum atomic E-state index is -0.573. The zero-order chi connectivity index (χ0) is 17.8. The molecule has 0 unspecified atom stereocenters. The van der Waals surface area contributed by atoms with Crippen molar-refractivity contribution < 1.29 is 9.59 Å². The molecule has 1 aliphatic carbocycles. The largest absolute Gasteiger partial charge is 0.352 e. The topological polar surface area (TPSA) is 58.2 Å². The van der Waals surface area contributed by atoms with E-state index in [1.54, 1.807) is 0 Å². The van der Waals surface area contributed by atoms with E-state index in [4.69, 9.17) is 0 Å². The Morgan fingerprint density at radius 1 is 1.08 bits per heavy atom. The molecule has 130 valence electrons. The molecule has 0 saturated heterocycles. The standard InChI is InChI=1S/C21H24N2O2/c1-14-8-11-18(15(2)12-14)20(24)23-19(21(25)22-17-9-10-17)13-16-6-4-3-5-7-16/h3-8,11-12,17,19H,9-10,13H2,1-2H3,(H,22,25)(H,23,24)/t19-/m1/s1. The van der Waals surface area contributed by atoms with Gasteiger partial charge in [-0.1, -0.05) is 48.0 Å². The fraction of sp³-hybridized carbons (Fsp3) is 0.333. The van der Waals surface area contributed by atoms with E-state index in [1.165, 1.54) is 0 Å². The van der Waals surface area contributed by atoms with Crippen LogP contribution in [0.5, 0.6) is 0 Å². The van der Waals surface area contributed by atoms with Gasteiger partial charge in [0.15, 0.2) is 0 Å². The second-order valence-corrected chi connectivity index (χ2v) is 6.82. The van der Waals surface area contributed by atoms with E-state index in [0.717, 1.165) is 29.5 Å². The smallest absolute Gasteiger partial charge is 0.252 e. The average molecular weight is 336 g/mol. The van der Waals surface area contributed by atoms with Crippen LogP contribution in [-0.4, -0.2) is 23.9 Å². The van der Waals surface area contributed by atoms with E-state index in [9.17, 15) is 9.59 Å². The molecular formula is C21H24N2O2. The van der Waals surface area contributed by atoms with Crippen molar-refractivity contribution >= 4 is 11.8 Å². The van der Waals surface area contributed by atoms with Crippen LogP contribution < -0.4 is 10.6 Å². The Balaban J connectivity index is 1.75. The maximum absolute atomic E-state index is 12.7. The van der Waals surface area contributed by atoms with Crippen LogP contribution in [0, 0.1) is 13.8 Å². The molecule has 0 aromatic heterocycles. The van der Waals surface area contributed by atoms with Gasteiger partial charge in [-0.15, -0.1) is 0 Å². The predicted molar refractivity (Wildman–Crippen MR) is 98.5 cm³/mol. The van der Waals surface area contributed by atoms with E-state index >= 15 is 0 Å². The molecule has 1 saturated carbocycles. The molecule has 2 N–H and O–H groups in total. The third-order valence-electron chi connectivity index (χ3n) is 4.45. The summed E-state index contributed by atoms with van der Waals surface area (Å²) in [5, 5.41) is 5.93. The minimum Gasteiger partial charge on any atom is -0.352 e. The Labute approximate surface area is 148 Å². The van der Waals surface area contributed by atoms with E-state index in [-0.39, 0.29) is 17.9 Å². The second-order valence-electron chi connectivity index (χ2n) is 6.82. The Kier molecular flexibility index (Phi) is 5.17. The lowest BCUT2D eigenvalue weighted by Gasteiger charge is -2.19. The van der Waals surface area contributed by atoms with E-state index in [0.29, 0.717) is 12.0 Å². The van der Waals surface area contributed by atoms with E-state index in [1.807, 2.05) is 62.4 Å². The molecule has 2 aromatic rings. The highest BCUT2D eigenvalue weighted by atomic mass is 16.2. The maximum atomic E-state index is 12.7. The van der Waals surface area contributed by atoms with Crippen LogP contribution in [0.1, 0.15) is 39.9 Å². The zero-order valence-electron chi connectivity index (χ0n) is 14.7. The van der Waals surface area contributed by atoms with Crippen molar-refractivity contribution in [3.05, 3.63) is 70.8 Å². The molecule has 25 heavy (non-hydrogen) atoms. The molecule has 0 bridgehead atoms. The molecule has 0 aliphatic heterocycles. The summed E-state index contributed by atoms with van der Waals surface area (Å²) in [5.41, 5.74) is 3.67. The summed E-state index contributed by atoms with van der Waals surface area (Å²) in [5.74, 6) is -0.311. The van der Waals surface area contributed by atoms with Crippen molar-refractivity contribution in [2.75, 3.05) is 0 Å². The van der Waals surface area contributed by atoms with Crippen LogP contribution in [0.25, 0.3) is 0 Å². The number of carbonyl (C=O) groups is 2. The van der Waals surface area contributed by atoms with E-state index < -0.39 is 6.04 Å². The van der Waals surface area contributed by atoms with Gasteiger partial charge in [-0.05, 0) is 43.9 Å². The Hall–Kier alpha value is -2.62. The van der Waals surface area contributed by atoms with Crippen LogP contribution in [0.3, 0.4) is 0 Å². The summed E-state index contributed by atoms with van der Waals surface area (Å²) in [6, 6.07) is 15.2. The van der Waals surface area contributed by atoms with Gasteiger partial charge in [-0.3, -0.25) is 9.59 Å². The van der Waals surface area contributed by atoms with Crippen LogP contribution in [0.4, 0.5) is 0 Å². The van der Waals surface area contributed by atoms with Crippen LogP contribution in [0.2, 0.25) is 0 Å². The van der Waals surface area contributed by atoms with Crippen LogP contribution in [0.15, 0.2) is 48.5 Å². The number of nitrogens with one attached hydrogen (secondary N) is 2. The molecular weight excluding hydrogens is 312 g/mol. The maximum Gasteiger partial charge on any atom is 0.252 e. The van der Waals surface area contributed by atoms with Crippen molar-refractivity contribution in [1.29, 1.82) is 0 Å². The Morgan fingerprint density at radius 2 is 1.80 bits per heavy atom. The van der Waals surface area contributed by atoms with Gasteiger partial charge >= 0.3 is 0 Å². The first kappa shape index (κ1) is 17.2.